The van der Waals surface area contributed by atoms with Gasteiger partial charge in [-0.25, -0.2) is 4.79 Å². The van der Waals surface area contributed by atoms with Crippen molar-refractivity contribution in [2.75, 3.05) is 0 Å². The molecule has 0 bridgehead atoms. The highest BCUT2D eigenvalue weighted by molar-refractivity contribution is 5.88. The van der Waals surface area contributed by atoms with Crippen molar-refractivity contribution < 1.29 is 9.90 Å². The van der Waals surface area contributed by atoms with Crippen LogP contribution < -0.4 is 0 Å². The summed E-state index contributed by atoms with van der Waals surface area (Å²) in [5.41, 5.74) is 3.67. The van der Waals surface area contributed by atoms with E-state index in [1.807, 2.05) is 54.6 Å². The van der Waals surface area contributed by atoms with E-state index >= 15 is 0 Å². The molecule has 0 amide bonds. The molecule has 0 atom stereocenters. The SMILES string of the molecule is O=C(O)c1cccc(C(c2ccccc2)(c2ccccc2)c2ccncc2)c1. The van der Waals surface area contributed by atoms with Crippen molar-refractivity contribution in [2.45, 2.75) is 5.41 Å². The minimum Gasteiger partial charge on any atom is -0.478 e. The molecule has 0 aliphatic heterocycles. The number of hydrogen-bond acceptors (Lipinski definition) is 2. The molecule has 4 rings (SSSR count). The van der Waals surface area contributed by atoms with Gasteiger partial charge in [-0.3, -0.25) is 4.98 Å². The summed E-state index contributed by atoms with van der Waals surface area (Å²) in [7, 11) is 0. The molecular weight excluding hydrogens is 346 g/mol. The highest BCUT2D eigenvalue weighted by atomic mass is 16.4. The van der Waals surface area contributed by atoms with Crippen LogP contribution in [0.1, 0.15) is 32.6 Å². The van der Waals surface area contributed by atoms with E-state index in [0.717, 1.165) is 22.3 Å². The van der Waals surface area contributed by atoms with Gasteiger partial charge in [0.2, 0.25) is 0 Å². The molecule has 0 aliphatic rings. The van der Waals surface area contributed by atoms with Crippen LogP contribution in [0.25, 0.3) is 0 Å². The minimum atomic E-state index is -0.938. The molecular formula is C25H19NO2. The summed E-state index contributed by atoms with van der Waals surface area (Å²) in [6, 6.07) is 31.5. The van der Waals surface area contributed by atoms with Gasteiger partial charge in [-0.2, -0.15) is 0 Å². The summed E-state index contributed by atoms with van der Waals surface area (Å²) in [5, 5.41) is 9.58. The molecule has 0 unspecified atom stereocenters. The van der Waals surface area contributed by atoms with Crippen LogP contribution in [-0.2, 0) is 5.41 Å². The molecule has 0 saturated heterocycles. The van der Waals surface area contributed by atoms with Crippen LogP contribution >= 0.6 is 0 Å². The Morgan fingerprint density at radius 3 is 1.68 bits per heavy atom. The predicted octanol–water partition coefficient (Wildman–Crippen LogP) is 5.16. The Kier molecular flexibility index (Phi) is 4.73. The van der Waals surface area contributed by atoms with E-state index in [1.165, 1.54) is 0 Å². The molecule has 3 heteroatoms. The van der Waals surface area contributed by atoms with Crippen LogP contribution in [0.2, 0.25) is 0 Å². The number of pyridine rings is 1. The Bertz CT molecular complexity index is 980. The molecule has 1 aromatic heterocycles. The second-order valence-corrected chi connectivity index (χ2v) is 6.60. The summed E-state index contributed by atoms with van der Waals surface area (Å²) < 4.78 is 0. The second-order valence-electron chi connectivity index (χ2n) is 6.60. The van der Waals surface area contributed by atoms with Gasteiger partial charge in [-0.1, -0.05) is 72.8 Å². The third-order valence-corrected chi connectivity index (χ3v) is 5.07. The van der Waals surface area contributed by atoms with Crippen LogP contribution in [0, 0.1) is 0 Å². The first-order valence-electron chi connectivity index (χ1n) is 9.08. The fourth-order valence-corrected chi connectivity index (χ4v) is 3.86. The lowest BCUT2D eigenvalue weighted by Gasteiger charge is -2.36. The quantitative estimate of drug-likeness (QED) is 0.497. The number of aromatic nitrogens is 1. The molecule has 28 heavy (non-hydrogen) atoms. The van der Waals surface area contributed by atoms with Crippen molar-refractivity contribution in [3.8, 4) is 0 Å². The van der Waals surface area contributed by atoms with E-state index in [0.29, 0.717) is 0 Å². The Hall–Kier alpha value is -3.72. The minimum absolute atomic E-state index is 0.266. The highest BCUT2D eigenvalue weighted by Crippen LogP contribution is 2.44. The van der Waals surface area contributed by atoms with Crippen molar-refractivity contribution in [2.24, 2.45) is 0 Å². The van der Waals surface area contributed by atoms with E-state index in [9.17, 15) is 9.90 Å². The Morgan fingerprint density at radius 1 is 0.643 bits per heavy atom. The maximum Gasteiger partial charge on any atom is 0.335 e. The average Bonchev–Trinajstić information content (AvgIpc) is 2.77. The van der Waals surface area contributed by atoms with Gasteiger partial charge < -0.3 is 5.11 Å². The topological polar surface area (TPSA) is 50.2 Å². The third-order valence-electron chi connectivity index (χ3n) is 5.07. The van der Waals surface area contributed by atoms with Crippen molar-refractivity contribution in [1.29, 1.82) is 0 Å². The number of benzene rings is 3. The molecule has 136 valence electrons. The van der Waals surface area contributed by atoms with Crippen molar-refractivity contribution >= 4 is 5.97 Å². The van der Waals surface area contributed by atoms with E-state index in [-0.39, 0.29) is 5.56 Å². The smallest absolute Gasteiger partial charge is 0.335 e. The zero-order valence-electron chi connectivity index (χ0n) is 15.2. The molecule has 1 heterocycles. The fourth-order valence-electron chi connectivity index (χ4n) is 3.86. The lowest BCUT2D eigenvalue weighted by molar-refractivity contribution is 0.0696. The number of rotatable bonds is 5. The van der Waals surface area contributed by atoms with Crippen molar-refractivity contribution in [3.63, 3.8) is 0 Å². The summed E-state index contributed by atoms with van der Waals surface area (Å²) in [6.45, 7) is 0. The van der Waals surface area contributed by atoms with E-state index < -0.39 is 11.4 Å². The predicted molar refractivity (Wildman–Crippen MR) is 110 cm³/mol. The van der Waals surface area contributed by atoms with Crippen molar-refractivity contribution in [3.05, 3.63) is 137 Å². The molecule has 3 nitrogen and oxygen atoms in total. The van der Waals surface area contributed by atoms with Crippen LogP contribution in [0.4, 0.5) is 0 Å². The number of carboxylic acids is 1. The van der Waals surface area contributed by atoms with Gasteiger partial charge in [-0.15, -0.1) is 0 Å². The largest absolute Gasteiger partial charge is 0.478 e. The monoisotopic (exact) mass is 365 g/mol. The molecule has 4 aromatic rings. The third kappa shape index (κ3) is 2.97. The molecule has 0 aliphatic carbocycles. The molecule has 0 spiro atoms. The zero-order chi connectivity index (χ0) is 19.4. The highest BCUT2D eigenvalue weighted by Gasteiger charge is 2.38. The second kappa shape index (κ2) is 7.49. The molecule has 1 N–H and O–H groups in total. The van der Waals surface area contributed by atoms with Crippen molar-refractivity contribution in [1.82, 2.24) is 4.98 Å². The maximum absolute atomic E-state index is 11.7. The van der Waals surface area contributed by atoms with Gasteiger partial charge in [0.15, 0.2) is 0 Å². The fraction of sp³-hybridized carbons (Fsp3) is 0.0400. The van der Waals surface area contributed by atoms with Gasteiger partial charge in [0.05, 0.1) is 11.0 Å². The van der Waals surface area contributed by atoms with Gasteiger partial charge >= 0.3 is 5.97 Å². The van der Waals surface area contributed by atoms with Crippen LogP contribution in [0.15, 0.2) is 109 Å². The first kappa shape index (κ1) is 17.7. The molecule has 0 fully saturated rings. The number of carboxylic acid groups (broad SMARTS) is 1. The van der Waals surface area contributed by atoms with Gasteiger partial charge in [0, 0.05) is 12.4 Å². The Labute approximate surface area is 164 Å². The zero-order valence-corrected chi connectivity index (χ0v) is 15.2. The standard InChI is InChI=1S/C25H19NO2/c27-24(28)19-8-7-13-23(18-19)25(20-9-3-1-4-10-20,21-11-5-2-6-12-21)22-14-16-26-17-15-22/h1-18H,(H,27,28). The first-order valence-corrected chi connectivity index (χ1v) is 9.08. The lowest BCUT2D eigenvalue weighted by atomic mass is 9.65. The van der Waals surface area contributed by atoms with Crippen LogP contribution in [0.5, 0.6) is 0 Å². The molecule has 0 saturated carbocycles. The first-order chi connectivity index (χ1) is 13.7. The van der Waals surface area contributed by atoms with E-state index in [2.05, 4.69) is 29.2 Å². The Morgan fingerprint density at radius 2 is 1.14 bits per heavy atom. The molecule has 3 aromatic carbocycles. The van der Waals surface area contributed by atoms with E-state index in [1.54, 1.807) is 30.6 Å². The van der Waals surface area contributed by atoms with E-state index in [4.69, 9.17) is 0 Å². The summed E-state index contributed by atoms with van der Waals surface area (Å²) in [5.74, 6) is -0.938. The summed E-state index contributed by atoms with van der Waals surface area (Å²) in [4.78, 5) is 15.9. The normalized spacial score (nSPS) is 11.1. The molecule has 0 radical (unpaired) electrons. The van der Waals surface area contributed by atoms with Gasteiger partial charge in [0.25, 0.3) is 0 Å². The van der Waals surface area contributed by atoms with Crippen LogP contribution in [-0.4, -0.2) is 16.1 Å². The number of hydrogen-bond donors (Lipinski definition) is 1. The maximum atomic E-state index is 11.7. The number of carbonyl (C=O) groups is 1. The van der Waals surface area contributed by atoms with Gasteiger partial charge in [-0.05, 0) is 46.5 Å². The number of nitrogens with zero attached hydrogens (tertiary/aromatic N) is 1. The summed E-state index contributed by atoms with van der Waals surface area (Å²) in [6.07, 6.45) is 3.55. The lowest BCUT2D eigenvalue weighted by Crippen LogP contribution is -2.31. The average molecular weight is 365 g/mol. The van der Waals surface area contributed by atoms with Crippen LogP contribution in [0.3, 0.4) is 0 Å². The van der Waals surface area contributed by atoms with Gasteiger partial charge in [0.1, 0.15) is 0 Å². The number of aromatic carboxylic acids is 1. The summed E-state index contributed by atoms with van der Waals surface area (Å²) >= 11 is 0. The Balaban J connectivity index is 2.13.